The summed E-state index contributed by atoms with van der Waals surface area (Å²) in [5, 5.41) is -0.368. The van der Waals surface area contributed by atoms with E-state index in [1.165, 1.54) is 0 Å². The number of epoxide rings is 1. The van der Waals surface area contributed by atoms with Crippen molar-refractivity contribution in [3.8, 4) is 0 Å². The van der Waals surface area contributed by atoms with E-state index in [1.54, 1.807) is 0 Å². The molecule has 1 aliphatic rings. The van der Waals surface area contributed by atoms with Crippen LogP contribution in [0.3, 0.4) is 0 Å². The lowest BCUT2D eigenvalue weighted by Gasteiger charge is -2.21. The fourth-order valence-electron chi connectivity index (χ4n) is 1.42. The topological polar surface area (TPSA) is 21.8 Å². The molecule has 0 aromatic heterocycles. The normalized spacial score (nSPS) is 20.8. The van der Waals surface area contributed by atoms with Crippen LogP contribution in [-0.2, 0) is 9.47 Å². The molecule has 2 rings (SSSR count). The molecule has 0 aliphatic carbocycles. The number of halogens is 5. The van der Waals surface area contributed by atoms with Crippen LogP contribution in [0.1, 0.15) is 11.7 Å². The summed E-state index contributed by atoms with van der Waals surface area (Å²) in [6, 6.07) is 2.81. The lowest BCUT2D eigenvalue weighted by Crippen LogP contribution is -2.25. The zero-order chi connectivity index (χ0) is 13.3. The summed E-state index contributed by atoms with van der Waals surface area (Å²) in [6.45, 7) is 0.244. The second-order valence-corrected chi connectivity index (χ2v) is 4.29. The molecule has 1 heterocycles. The smallest absolute Gasteiger partial charge is 0.371 e. The second-order valence-electron chi connectivity index (χ2n) is 3.88. The number of rotatable bonds is 4. The first-order chi connectivity index (χ1) is 8.38. The molecule has 1 aromatic rings. The van der Waals surface area contributed by atoms with Crippen molar-refractivity contribution in [1.82, 2.24) is 0 Å². The molecule has 1 saturated heterocycles. The molecule has 0 saturated carbocycles. The van der Waals surface area contributed by atoms with Crippen LogP contribution in [0.15, 0.2) is 18.2 Å². The first-order valence-corrected chi connectivity index (χ1v) is 5.50. The van der Waals surface area contributed by atoms with Crippen LogP contribution in [0.5, 0.6) is 0 Å². The molecule has 1 aromatic carbocycles. The van der Waals surface area contributed by atoms with Gasteiger partial charge in [0.25, 0.3) is 0 Å². The summed E-state index contributed by atoms with van der Waals surface area (Å²) in [4.78, 5) is 0. The Bertz CT molecular complexity index is 432. The van der Waals surface area contributed by atoms with Gasteiger partial charge < -0.3 is 9.47 Å². The van der Waals surface area contributed by atoms with Gasteiger partial charge in [0.05, 0.1) is 18.2 Å². The third-order valence-corrected chi connectivity index (χ3v) is 2.68. The molecule has 0 unspecified atom stereocenters. The predicted molar refractivity (Wildman–Crippen MR) is 55.9 cm³/mol. The summed E-state index contributed by atoms with van der Waals surface area (Å²) >= 11 is 5.46. The maximum Gasteiger partial charge on any atom is 0.418 e. The largest absolute Gasteiger partial charge is 0.418 e. The molecule has 1 fully saturated rings. The average Bonchev–Trinajstić information content (AvgIpc) is 3.05. The van der Waals surface area contributed by atoms with E-state index in [1.807, 2.05) is 0 Å². The molecule has 0 bridgehead atoms. The fraction of sp³-hybridized carbons (Fsp3) is 0.455. The highest BCUT2D eigenvalue weighted by atomic mass is 35.5. The molecule has 1 aliphatic heterocycles. The predicted octanol–water partition coefficient (Wildman–Crippen LogP) is 3.50. The SMILES string of the molecule is Fc1ccc([C@@H](OC[C@H]2CO2)C(F)(F)F)cc1Cl. The minimum atomic E-state index is -4.59. The van der Waals surface area contributed by atoms with Crippen molar-refractivity contribution < 1.29 is 27.0 Å². The Kier molecular flexibility index (Phi) is 3.79. The van der Waals surface area contributed by atoms with Gasteiger partial charge in [-0.3, -0.25) is 0 Å². The zero-order valence-electron chi connectivity index (χ0n) is 9.01. The van der Waals surface area contributed by atoms with Crippen LogP contribution in [0.25, 0.3) is 0 Å². The van der Waals surface area contributed by atoms with Crippen molar-refractivity contribution in [2.45, 2.75) is 18.4 Å². The van der Waals surface area contributed by atoms with Crippen molar-refractivity contribution in [2.24, 2.45) is 0 Å². The molecule has 18 heavy (non-hydrogen) atoms. The molecular weight excluding hydrogens is 276 g/mol. The van der Waals surface area contributed by atoms with Gasteiger partial charge in [-0.2, -0.15) is 13.2 Å². The van der Waals surface area contributed by atoms with Gasteiger partial charge in [0, 0.05) is 0 Å². The summed E-state index contributed by atoms with van der Waals surface area (Å²) in [5.74, 6) is -0.771. The van der Waals surface area contributed by atoms with Gasteiger partial charge in [-0.25, -0.2) is 4.39 Å². The van der Waals surface area contributed by atoms with Crippen molar-refractivity contribution in [2.75, 3.05) is 13.2 Å². The van der Waals surface area contributed by atoms with Crippen LogP contribution >= 0.6 is 11.6 Å². The Balaban J connectivity index is 2.17. The Hall–Kier alpha value is -0.850. The Morgan fingerprint density at radius 2 is 2.11 bits per heavy atom. The second kappa shape index (κ2) is 5.03. The number of ether oxygens (including phenoxy) is 2. The van der Waals surface area contributed by atoms with E-state index in [9.17, 15) is 17.6 Å². The van der Waals surface area contributed by atoms with Gasteiger partial charge in [0.2, 0.25) is 0 Å². The minimum Gasteiger partial charge on any atom is -0.371 e. The Morgan fingerprint density at radius 1 is 1.44 bits per heavy atom. The van der Waals surface area contributed by atoms with E-state index >= 15 is 0 Å². The lowest BCUT2D eigenvalue weighted by molar-refractivity contribution is -0.224. The van der Waals surface area contributed by atoms with Gasteiger partial charge in [-0.1, -0.05) is 17.7 Å². The van der Waals surface area contributed by atoms with Crippen LogP contribution in [0, 0.1) is 5.82 Å². The summed E-state index contributed by atoms with van der Waals surface area (Å²) in [7, 11) is 0. The molecular formula is C11H9ClF4O2. The number of hydrogen-bond acceptors (Lipinski definition) is 2. The van der Waals surface area contributed by atoms with Crippen molar-refractivity contribution >= 4 is 11.6 Å². The monoisotopic (exact) mass is 284 g/mol. The molecule has 0 radical (unpaired) electrons. The van der Waals surface area contributed by atoms with E-state index < -0.39 is 18.1 Å². The molecule has 7 heteroatoms. The van der Waals surface area contributed by atoms with E-state index in [-0.39, 0.29) is 23.3 Å². The van der Waals surface area contributed by atoms with Gasteiger partial charge in [0.1, 0.15) is 11.9 Å². The van der Waals surface area contributed by atoms with E-state index in [4.69, 9.17) is 21.1 Å². The summed E-state index contributed by atoms with van der Waals surface area (Å²) in [6.07, 6.45) is -7.00. The highest BCUT2D eigenvalue weighted by molar-refractivity contribution is 6.30. The first kappa shape index (κ1) is 13.6. The summed E-state index contributed by atoms with van der Waals surface area (Å²) < 4.78 is 60.9. The van der Waals surface area contributed by atoms with Crippen LogP contribution in [0.4, 0.5) is 17.6 Å². The van der Waals surface area contributed by atoms with Crippen LogP contribution in [-0.4, -0.2) is 25.5 Å². The highest BCUT2D eigenvalue weighted by Gasteiger charge is 2.43. The molecule has 0 spiro atoms. The molecule has 0 N–H and O–H groups in total. The highest BCUT2D eigenvalue weighted by Crippen LogP contribution is 2.37. The standard InChI is InChI=1S/C11H9ClF4O2/c12-8-3-6(1-2-9(8)13)10(11(14,15)16)18-5-7-4-17-7/h1-3,7,10H,4-5H2/t7-,10-/m1/s1. The van der Waals surface area contributed by atoms with Crippen molar-refractivity contribution in [1.29, 1.82) is 0 Å². The van der Waals surface area contributed by atoms with E-state index in [2.05, 4.69) is 0 Å². The van der Waals surface area contributed by atoms with E-state index in [0.29, 0.717) is 6.61 Å². The summed E-state index contributed by atoms with van der Waals surface area (Å²) in [5.41, 5.74) is -0.227. The first-order valence-electron chi connectivity index (χ1n) is 5.13. The van der Waals surface area contributed by atoms with Crippen molar-refractivity contribution in [3.63, 3.8) is 0 Å². The van der Waals surface area contributed by atoms with Crippen LogP contribution < -0.4 is 0 Å². The average molecular weight is 285 g/mol. The molecule has 2 atom stereocenters. The molecule has 2 nitrogen and oxygen atoms in total. The third kappa shape index (κ3) is 3.34. The third-order valence-electron chi connectivity index (χ3n) is 2.39. The lowest BCUT2D eigenvalue weighted by atomic mass is 10.1. The van der Waals surface area contributed by atoms with E-state index in [0.717, 1.165) is 18.2 Å². The Labute approximate surface area is 105 Å². The number of hydrogen-bond donors (Lipinski definition) is 0. The minimum absolute atomic E-state index is 0.154. The quantitative estimate of drug-likeness (QED) is 0.623. The number of alkyl halides is 3. The fourth-order valence-corrected chi connectivity index (χ4v) is 1.61. The van der Waals surface area contributed by atoms with Gasteiger partial charge in [-0.15, -0.1) is 0 Å². The molecule has 100 valence electrons. The molecule has 0 amide bonds. The maximum absolute atomic E-state index is 12.9. The van der Waals surface area contributed by atoms with Crippen molar-refractivity contribution in [3.05, 3.63) is 34.6 Å². The van der Waals surface area contributed by atoms with Gasteiger partial charge >= 0.3 is 6.18 Å². The zero-order valence-corrected chi connectivity index (χ0v) is 9.76. The Morgan fingerprint density at radius 3 is 2.61 bits per heavy atom. The maximum atomic E-state index is 12.9. The van der Waals surface area contributed by atoms with Gasteiger partial charge in [-0.05, 0) is 17.7 Å². The number of benzene rings is 1. The van der Waals surface area contributed by atoms with Gasteiger partial charge in [0.15, 0.2) is 6.10 Å². The van der Waals surface area contributed by atoms with Crippen LogP contribution in [0.2, 0.25) is 5.02 Å².